The number of hydrogen-bond donors (Lipinski definition) is 3. The number of sulfonamides is 1. The third-order valence-corrected chi connectivity index (χ3v) is 4.98. The van der Waals surface area contributed by atoms with Crippen molar-refractivity contribution in [3.8, 4) is 0 Å². The molecule has 6 nitrogen and oxygen atoms in total. The molecule has 1 amide bonds. The van der Waals surface area contributed by atoms with E-state index in [1.807, 2.05) is 0 Å². The van der Waals surface area contributed by atoms with Crippen LogP contribution in [0.3, 0.4) is 0 Å². The van der Waals surface area contributed by atoms with Gasteiger partial charge < -0.3 is 10.4 Å². The largest absolute Gasteiger partial charge is 0.396 e. The van der Waals surface area contributed by atoms with Crippen LogP contribution in [0.4, 0.5) is 0 Å². The molecule has 0 radical (unpaired) electrons. The molecule has 0 unspecified atom stereocenters. The van der Waals surface area contributed by atoms with Crippen molar-refractivity contribution in [3.05, 3.63) is 30.3 Å². The molecular formula is C13H20N2O4S2. The smallest absolute Gasteiger partial charge is 0.241 e. The van der Waals surface area contributed by atoms with E-state index in [9.17, 15) is 13.2 Å². The minimum Gasteiger partial charge on any atom is -0.396 e. The van der Waals surface area contributed by atoms with Crippen LogP contribution in [0.15, 0.2) is 35.2 Å². The molecule has 0 fully saturated rings. The molecule has 0 aliphatic rings. The van der Waals surface area contributed by atoms with E-state index in [0.717, 1.165) is 17.9 Å². The molecule has 1 aromatic carbocycles. The summed E-state index contributed by atoms with van der Waals surface area (Å²) in [5.74, 6) is 1.21. The Bertz CT molecular complexity index is 520. The first-order chi connectivity index (χ1) is 10.1. The second-order valence-electron chi connectivity index (χ2n) is 4.18. The zero-order valence-corrected chi connectivity index (χ0v) is 13.3. The van der Waals surface area contributed by atoms with E-state index in [-0.39, 0.29) is 24.0 Å². The lowest BCUT2D eigenvalue weighted by atomic mass is 10.4. The average Bonchev–Trinajstić information content (AvgIpc) is 2.50. The number of hydrogen-bond acceptors (Lipinski definition) is 5. The van der Waals surface area contributed by atoms with E-state index in [2.05, 4.69) is 10.0 Å². The summed E-state index contributed by atoms with van der Waals surface area (Å²) in [6.07, 6.45) is 0.732. The first-order valence-corrected chi connectivity index (χ1v) is 9.20. The fourth-order valence-corrected chi connectivity index (χ4v) is 3.22. The summed E-state index contributed by atoms with van der Waals surface area (Å²) in [7, 11) is -3.64. The number of nitrogens with one attached hydrogen (secondary N) is 2. The van der Waals surface area contributed by atoms with Crippen molar-refractivity contribution < 1.29 is 18.3 Å². The number of carbonyl (C=O) groups excluding carboxylic acids is 1. The number of rotatable bonds is 10. The minimum atomic E-state index is -3.64. The van der Waals surface area contributed by atoms with E-state index in [1.165, 1.54) is 12.1 Å². The van der Waals surface area contributed by atoms with Crippen LogP contribution in [0, 0.1) is 0 Å². The van der Waals surface area contributed by atoms with Crippen molar-refractivity contribution in [1.29, 1.82) is 0 Å². The van der Waals surface area contributed by atoms with Crippen molar-refractivity contribution in [3.63, 3.8) is 0 Å². The molecule has 118 valence electrons. The van der Waals surface area contributed by atoms with Gasteiger partial charge in [0.15, 0.2) is 0 Å². The van der Waals surface area contributed by atoms with Gasteiger partial charge in [-0.1, -0.05) is 18.2 Å². The summed E-state index contributed by atoms with van der Waals surface area (Å²) in [5.41, 5.74) is 0. The van der Waals surface area contributed by atoms with Gasteiger partial charge in [0.1, 0.15) is 0 Å². The van der Waals surface area contributed by atoms with Crippen LogP contribution < -0.4 is 10.0 Å². The summed E-state index contributed by atoms with van der Waals surface area (Å²) in [4.78, 5) is 11.7. The van der Waals surface area contributed by atoms with Crippen molar-refractivity contribution in [2.45, 2.75) is 11.3 Å². The zero-order valence-electron chi connectivity index (χ0n) is 11.6. The molecule has 0 saturated carbocycles. The van der Waals surface area contributed by atoms with Crippen molar-refractivity contribution in [2.75, 3.05) is 31.2 Å². The van der Waals surface area contributed by atoms with Gasteiger partial charge in [0, 0.05) is 18.9 Å². The Morgan fingerprint density at radius 2 is 1.90 bits per heavy atom. The summed E-state index contributed by atoms with van der Waals surface area (Å²) < 4.78 is 26.0. The average molecular weight is 332 g/mol. The van der Waals surface area contributed by atoms with E-state index in [0.29, 0.717) is 6.54 Å². The molecule has 0 aliphatic carbocycles. The Balaban J connectivity index is 2.24. The van der Waals surface area contributed by atoms with E-state index in [1.54, 1.807) is 30.0 Å². The first kappa shape index (κ1) is 18.0. The van der Waals surface area contributed by atoms with Crippen LogP contribution in [-0.4, -0.2) is 50.6 Å². The fourth-order valence-electron chi connectivity index (χ4n) is 1.44. The molecule has 21 heavy (non-hydrogen) atoms. The summed E-state index contributed by atoms with van der Waals surface area (Å²) >= 11 is 1.63. The molecule has 8 heteroatoms. The summed E-state index contributed by atoms with van der Waals surface area (Å²) in [5, 5.41) is 11.2. The van der Waals surface area contributed by atoms with Crippen molar-refractivity contribution in [1.82, 2.24) is 10.0 Å². The maximum Gasteiger partial charge on any atom is 0.241 e. The lowest BCUT2D eigenvalue weighted by Crippen LogP contribution is -2.37. The highest BCUT2D eigenvalue weighted by Crippen LogP contribution is 2.06. The van der Waals surface area contributed by atoms with Crippen LogP contribution in [0.5, 0.6) is 0 Å². The van der Waals surface area contributed by atoms with Crippen molar-refractivity contribution >= 4 is 27.7 Å². The minimum absolute atomic E-state index is 0.136. The predicted molar refractivity (Wildman–Crippen MR) is 83.7 cm³/mol. The molecular weight excluding hydrogens is 312 g/mol. The number of thioether (sulfide) groups is 1. The number of amides is 1. The molecule has 1 aromatic rings. The maximum absolute atomic E-state index is 11.9. The molecule has 0 spiro atoms. The van der Waals surface area contributed by atoms with Gasteiger partial charge in [0.2, 0.25) is 15.9 Å². The van der Waals surface area contributed by atoms with Gasteiger partial charge in [0.05, 0.1) is 11.4 Å². The van der Waals surface area contributed by atoms with E-state index >= 15 is 0 Å². The highest BCUT2D eigenvalue weighted by atomic mass is 32.2. The Morgan fingerprint density at radius 1 is 1.19 bits per heavy atom. The Labute approximate surface area is 129 Å². The van der Waals surface area contributed by atoms with Gasteiger partial charge in [0.25, 0.3) is 0 Å². The third kappa shape index (κ3) is 7.47. The van der Waals surface area contributed by atoms with Crippen LogP contribution in [0.2, 0.25) is 0 Å². The van der Waals surface area contributed by atoms with Gasteiger partial charge in [-0.2, -0.15) is 11.8 Å². The van der Waals surface area contributed by atoms with Gasteiger partial charge >= 0.3 is 0 Å². The second kappa shape index (κ2) is 9.78. The highest BCUT2D eigenvalue weighted by Gasteiger charge is 2.14. The fraction of sp³-hybridized carbons (Fsp3) is 0.462. The lowest BCUT2D eigenvalue weighted by Gasteiger charge is -2.07. The predicted octanol–water partition coefficient (Wildman–Crippen LogP) is 0.197. The quantitative estimate of drug-likeness (QED) is 0.532. The monoisotopic (exact) mass is 332 g/mol. The molecule has 1 rings (SSSR count). The molecule has 0 bridgehead atoms. The van der Waals surface area contributed by atoms with E-state index in [4.69, 9.17) is 5.11 Å². The Morgan fingerprint density at radius 3 is 2.57 bits per heavy atom. The normalized spacial score (nSPS) is 11.3. The van der Waals surface area contributed by atoms with Gasteiger partial charge in [-0.15, -0.1) is 0 Å². The molecule has 3 N–H and O–H groups in total. The van der Waals surface area contributed by atoms with Crippen molar-refractivity contribution in [2.24, 2.45) is 0 Å². The third-order valence-electron chi connectivity index (χ3n) is 2.49. The number of carbonyl (C=O) groups is 1. The van der Waals surface area contributed by atoms with Crippen LogP contribution in [0.1, 0.15) is 6.42 Å². The maximum atomic E-state index is 11.9. The highest BCUT2D eigenvalue weighted by molar-refractivity contribution is 7.99. The van der Waals surface area contributed by atoms with Gasteiger partial charge in [-0.05, 0) is 24.3 Å². The van der Waals surface area contributed by atoms with Crippen LogP contribution in [-0.2, 0) is 14.8 Å². The lowest BCUT2D eigenvalue weighted by molar-refractivity contribution is -0.119. The molecule has 0 aromatic heterocycles. The molecule has 0 aliphatic heterocycles. The van der Waals surface area contributed by atoms with E-state index < -0.39 is 10.0 Å². The first-order valence-electron chi connectivity index (χ1n) is 6.56. The summed E-state index contributed by atoms with van der Waals surface area (Å²) in [6, 6.07) is 7.91. The van der Waals surface area contributed by atoms with Crippen LogP contribution >= 0.6 is 11.8 Å². The standard InChI is InChI=1S/C13H20N2O4S2/c16-8-4-9-20-10-7-14-13(17)11-15-21(18,19)12-5-2-1-3-6-12/h1-3,5-6,15-16H,4,7-11H2,(H,14,17). The number of benzene rings is 1. The van der Waals surface area contributed by atoms with Gasteiger partial charge in [-0.25, -0.2) is 13.1 Å². The summed E-state index contributed by atoms with van der Waals surface area (Å²) in [6.45, 7) is 0.362. The Hall–Kier alpha value is -1.09. The topological polar surface area (TPSA) is 95.5 Å². The van der Waals surface area contributed by atoms with Gasteiger partial charge in [-0.3, -0.25) is 4.79 Å². The Kier molecular flexibility index (Phi) is 8.36. The van der Waals surface area contributed by atoms with Crippen LogP contribution in [0.25, 0.3) is 0 Å². The number of aliphatic hydroxyl groups excluding tert-OH is 1. The second-order valence-corrected chi connectivity index (χ2v) is 7.17. The molecule has 0 saturated heterocycles. The molecule has 0 heterocycles. The molecule has 0 atom stereocenters. The SMILES string of the molecule is O=C(CNS(=O)(=O)c1ccccc1)NCCSCCCO. The number of aliphatic hydroxyl groups is 1. The zero-order chi connectivity index (χ0) is 15.6.